The first kappa shape index (κ1) is 20.1. The summed E-state index contributed by atoms with van der Waals surface area (Å²) in [6.07, 6.45) is 2.01. The maximum atomic E-state index is 13.6. The summed E-state index contributed by atoms with van der Waals surface area (Å²) in [5.41, 5.74) is 1.54. The summed E-state index contributed by atoms with van der Waals surface area (Å²) in [4.78, 5) is 16.8. The number of amides is 1. The Balaban J connectivity index is 1.60. The van der Waals surface area contributed by atoms with Crippen LogP contribution < -0.4 is 20.1 Å². The van der Waals surface area contributed by atoms with E-state index in [9.17, 15) is 9.18 Å². The van der Waals surface area contributed by atoms with E-state index in [4.69, 9.17) is 9.47 Å². The molecule has 0 saturated carbocycles. The fourth-order valence-electron chi connectivity index (χ4n) is 2.77. The number of nitrogens with zero attached hydrogens (tertiary/aromatic N) is 1. The number of carbonyl (C=O) groups is 1. The molecule has 6 nitrogen and oxygen atoms in total. The van der Waals surface area contributed by atoms with Gasteiger partial charge in [0.2, 0.25) is 0 Å². The molecule has 0 aliphatic carbocycles. The van der Waals surface area contributed by atoms with Gasteiger partial charge in [0.1, 0.15) is 23.1 Å². The average molecular weight is 395 g/mol. The van der Waals surface area contributed by atoms with E-state index < -0.39 is 0 Å². The van der Waals surface area contributed by atoms with Crippen LogP contribution in [0.5, 0.6) is 11.5 Å². The van der Waals surface area contributed by atoms with Crippen LogP contribution in [0.4, 0.5) is 15.9 Å². The molecule has 0 unspecified atom stereocenters. The predicted molar refractivity (Wildman–Crippen MR) is 110 cm³/mol. The smallest absolute Gasteiger partial charge is 0.257 e. The van der Waals surface area contributed by atoms with Crippen molar-refractivity contribution in [3.8, 4) is 11.5 Å². The molecule has 7 heteroatoms. The number of halogens is 1. The van der Waals surface area contributed by atoms with Crippen molar-refractivity contribution in [2.45, 2.75) is 6.42 Å². The van der Waals surface area contributed by atoms with E-state index in [1.807, 2.05) is 0 Å². The van der Waals surface area contributed by atoms with Gasteiger partial charge in [-0.1, -0.05) is 18.2 Å². The summed E-state index contributed by atoms with van der Waals surface area (Å²) < 4.78 is 24.1. The predicted octanol–water partition coefficient (Wildman–Crippen LogP) is 4.14. The molecule has 1 aromatic heterocycles. The van der Waals surface area contributed by atoms with E-state index in [0.29, 0.717) is 47.1 Å². The number of carbonyl (C=O) groups excluding carboxylic acids is 1. The van der Waals surface area contributed by atoms with E-state index >= 15 is 0 Å². The van der Waals surface area contributed by atoms with Gasteiger partial charge in [-0.2, -0.15) is 0 Å². The SMILES string of the molecule is COc1ccc(OC)c(NC(=O)c2ccc(NCCc3ccccc3F)nc2)c1. The maximum Gasteiger partial charge on any atom is 0.257 e. The summed E-state index contributed by atoms with van der Waals surface area (Å²) in [6, 6.07) is 15.2. The number of rotatable bonds is 8. The number of methoxy groups -OCH3 is 2. The van der Waals surface area contributed by atoms with Crippen LogP contribution in [0.25, 0.3) is 0 Å². The van der Waals surface area contributed by atoms with Crippen molar-refractivity contribution < 1.29 is 18.7 Å². The highest BCUT2D eigenvalue weighted by Gasteiger charge is 2.11. The Hall–Kier alpha value is -3.61. The van der Waals surface area contributed by atoms with Gasteiger partial charge in [-0.3, -0.25) is 4.79 Å². The topological polar surface area (TPSA) is 72.5 Å². The van der Waals surface area contributed by atoms with Gasteiger partial charge in [0.05, 0.1) is 25.5 Å². The molecule has 3 rings (SSSR count). The molecule has 0 radical (unpaired) electrons. The van der Waals surface area contributed by atoms with E-state index in [-0.39, 0.29) is 11.7 Å². The van der Waals surface area contributed by atoms with Gasteiger partial charge in [-0.05, 0) is 42.3 Å². The number of pyridine rings is 1. The zero-order chi connectivity index (χ0) is 20.6. The molecule has 1 heterocycles. The van der Waals surface area contributed by atoms with Crippen molar-refractivity contribution in [2.24, 2.45) is 0 Å². The Morgan fingerprint density at radius 2 is 1.90 bits per heavy atom. The summed E-state index contributed by atoms with van der Waals surface area (Å²) in [5, 5.41) is 5.92. The Morgan fingerprint density at radius 3 is 2.59 bits per heavy atom. The molecule has 3 aromatic rings. The largest absolute Gasteiger partial charge is 0.497 e. The molecular formula is C22H22FN3O3. The fraction of sp³-hybridized carbons (Fsp3) is 0.182. The second-order valence-corrected chi connectivity index (χ2v) is 6.22. The van der Waals surface area contributed by atoms with Crippen LogP contribution in [0.1, 0.15) is 15.9 Å². The molecule has 2 N–H and O–H groups in total. The van der Waals surface area contributed by atoms with Crippen molar-refractivity contribution in [3.63, 3.8) is 0 Å². The lowest BCUT2D eigenvalue weighted by molar-refractivity contribution is 0.102. The quantitative estimate of drug-likeness (QED) is 0.600. The van der Waals surface area contributed by atoms with Crippen LogP contribution in [-0.2, 0) is 6.42 Å². The summed E-state index contributed by atoms with van der Waals surface area (Å²) in [7, 11) is 3.08. The van der Waals surface area contributed by atoms with Crippen LogP contribution in [0, 0.1) is 5.82 Å². The molecular weight excluding hydrogens is 373 g/mol. The van der Waals surface area contributed by atoms with Crippen molar-refractivity contribution in [2.75, 3.05) is 31.4 Å². The molecule has 29 heavy (non-hydrogen) atoms. The number of benzene rings is 2. The van der Waals surface area contributed by atoms with Crippen molar-refractivity contribution in [3.05, 3.63) is 77.7 Å². The first-order valence-electron chi connectivity index (χ1n) is 9.07. The molecule has 0 aliphatic heterocycles. The third-order valence-corrected chi connectivity index (χ3v) is 4.34. The highest BCUT2D eigenvalue weighted by atomic mass is 19.1. The van der Waals surface area contributed by atoms with E-state index in [2.05, 4.69) is 15.6 Å². The summed E-state index contributed by atoms with van der Waals surface area (Å²) in [6.45, 7) is 0.528. The minimum Gasteiger partial charge on any atom is -0.497 e. The van der Waals surface area contributed by atoms with Gasteiger partial charge in [-0.15, -0.1) is 0 Å². The molecule has 0 bridgehead atoms. The number of hydrogen-bond acceptors (Lipinski definition) is 5. The number of ether oxygens (including phenoxy) is 2. The Kier molecular flexibility index (Phi) is 6.63. The molecule has 1 amide bonds. The van der Waals surface area contributed by atoms with E-state index in [1.165, 1.54) is 19.4 Å². The lowest BCUT2D eigenvalue weighted by Crippen LogP contribution is -2.14. The van der Waals surface area contributed by atoms with Crippen molar-refractivity contribution in [1.29, 1.82) is 0 Å². The van der Waals surface area contributed by atoms with Gasteiger partial charge in [-0.25, -0.2) is 9.37 Å². The number of hydrogen-bond donors (Lipinski definition) is 2. The normalized spacial score (nSPS) is 10.3. The van der Waals surface area contributed by atoms with Gasteiger partial charge in [0, 0.05) is 18.8 Å². The first-order valence-corrected chi connectivity index (χ1v) is 9.07. The Labute approximate surface area is 168 Å². The van der Waals surface area contributed by atoms with Crippen molar-refractivity contribution >= 4 is 17.4 Å². The lowest BCUT2D eigenvalue weighted by atomic mass is 10.1. The van der Waals surface area contributed by atoms with Crippen LogP contribution >= 0.6 is 0 Å². The number of nitrogens with one attached hydrogen (secondary N) is 2. The van der Waals surface area contributed by atoms with Gasteiger partial charge >= 0.3 is 0 Å². The average Bonchev–Trinajstić information content (AvgIpc) is 2.75. The number of anilines is 2. The molecule has 0 fully saturated rings. The minimum atomic E-state index is -0.318. The van der Waals surface area contributed by atoms with Gasteiger partial charge < -0.3 is 20.1 Å². The van der Waals surface area contributed by atoms with Crippen LogP contribution in [0.15, 0.2) is 60.8 Å². The minimum absolute atomic E-state index is 0.220. The third kappa shape index (κ3) is 5.22. The first-order chi connectivity index (χ1) is 14.1. The highest BCUT2D eigenvalue weighted by Crippen LogP contribution is 2.29. The second-order valence-electron chi connectivity index (χ2n) is 6.22. The molecule has 0 atom stereocenters. The van der Waals surface area contributed by atoms with Gasteiger partial charge in [0.25, 0.3) is 5.91 Å². The lowest BCUT2D eigenvalue weighted by Gasteiger charge is -2.12. The van der Waals surface area contributed by atoms with E-state index in [1.54, 1.807) is 55.6 Å². The summed E-state index contributed by atoms with van der Waals surface area (Å²) >= 11 is 0. The molecule has 150 valence electrons. The second kappa shape index (κ2) is 9.54. The van der Waals surface area contributed by atoms with Crippen LogP contribution in [-0.4, -0.2) is 31.7 Å². The molecule has 0 spiro atoms. The Bertz CT molecular complexity index is 977. The standard InChI is InChI=1S/C22H22FN3O3/c1-28-17-8-9-20(29-2)19(13-17)26-22(27)16-7-10-21(25-14-16)24-12-11-15-5-3-4-6-18(15)23/h3-10,13-14H,11-12H2,1-2H3,(H,24,25)(H,26,27). The molecule has 2 aromatic carbocycles. The zero-order valence-corrected chi connectivity index (χ0v) is 16.2. The highest BCUT2D eigenvalue weighted by molar-refractivity contribution is 6.05. The van der Waals surface area contributed by atoms with Crippen LogP contribution in [0.3, 0.4) is 0 Å². The third-order valence-electron chi connectivity index (χ3n) is 4.34. The fourth-order valence-corrected chi connectivity index (χ4v) is 2.77. The summed E-state index contributed by atoms with van der Waals surface area (Å²) in [5.74, 6) is 1.20. The van der Waals surface area contributed by atoms with Crippen molar-refractivity contribution in [1.82, 2.24) is 4.98 Å². The molecule has 0 aliphatic rings. The number of aromatic nitrogens is 1. The van der Waals surface area contributed by atoms with Gasteiger partial charge in [0.15, 0.2) is 0 Å². The van der Waals surface area contributed by atoms with Crippen LogP contribution in [0.2, 0.25) is 0 Å². The zero-order valence-electron chi connectivity index (χ0n) is 16.2. The molecule has 0 saturated heterocycles. The van der Waals surface area contributed by atoms with E-state index in [0.717, 1.165) is 0 Å². The maximum absolute atomic E-state index is 13.6. The monoisotopic (exact) mass is 395 g/mol. The Morgan fingerprint density at radius 1 is 1.07 bits per heavy atom.